The summed E-state index contributed by atoms with van der Waals surface area (Å²) in [7, 11) is 0. The van der Waals surface area contributed by atoms with Crippen molar-refractivity contribution < 1.29 is 4.79 Å². The number of nitrogens with one attached hydrogen (secondary N) is 3. The van der Waals surface area contributed by atoms with Gasteiger partial charge in [0.25, 0.3) is 5.91 Å². The van der Waals surface area contributed by atoms with Crippen LogP contribution in [0.1, 0.15) is 23.7 Å². The van der Waals surface area contributed by atoms with Crippen LogP contribution in [0.2, 0.25) is 5.02 Å². The molecule has 3 rings (SSSR count). The van der Waals surface area contributed by atoms with Gasteiger partial charge in [-0.1, -0.05) is 30.7 Å². The van der Waals surface area contributed by atoms with Crippen molar-refractivity contribution in [2.75, 3.05) is 13.1 Å². The fourth-order valence-corrected chi connectivity index (χ4v) is 2.94. The molecule has 0 bridgehead atoms. The number of aromatic nitrogens is 2. The number of piperidine rings is 1. The summed E-state index contributed by atoms with van der Waals surface area (Å²) in [5, 5.41) is 14.0. The van der Waals surface area contributed by atoms with E-state index < -0.39 is 0 Å². The van der Waals surface area contributed by atoms with Crippen molar-refractivity contribution in [3.8, 4) is 11.3 Å². The average Bonchev–Trinajstić information content (AvgIpc) is 2.99. The number of halogens is 2. The predicted octanol–water partition coefficient (Wildman–Crippen LogP) is 2.88. The quantitative estimate of drug-likeness (QED) is 0.793. The minimum absolute atomic E-state index is 0. The second-order valence-electron chi connectivity index (χ2n) is 5.72. The Kier molecular flexibility index (Phi) is 6.04. The lowest BCUT2D eigenvalue weighted by Crippen LogP contribution is -2.50. The zero-order valence-corrected chi connectivity index (χ0v) is 14.4. The molecule has 2 unspecified atom stereocenters. The summed E-state index contributed by atoms with van der Waals surface area (Å²) >= 11 is 6.03. The van der Waals surface area contributed by atoms with Crippen molar-refractivity contribution in [2.45, 2.75) is 19.4 Å². The van der Waals surface area contributed by atoms with E-state index in [4.69, 9.17) is 11.6 Å². The lowest BCUT2D eigenvalue weighted by Gasteiger charge is -2.30. The van der Waals surface area contributed by atoms with Gasteiger partial charge in [-0.05, 0) is 31.0 Å². The first-order chi connectivity index (χ1) is 10.6. The first-order valence-corrected chi connectivity index (χ1v) is 7.84. The Bertz CT molecular complexity index is 674. The first-order valence-electron chi connectivity index (χ1n) is 7.46. The molecule has 1 saturated heterocycles. The number of amides is 1. The summed E-state index contributed by atoms with van der Waals surface area (Å²) in [6.07, 6.45) is 2.63. The van der Waals surface area contributed by atoms with Gasteiger partial charge in [-0.2, -0.15) is 5.10 Å². The lowest BCUT2D eigenvalue weighted by atomic mass is 9.94. The van der Waals surface area contributed by atoms with E-state index in [0.717, 1.165) is 25.1 Å². The molecule has 2 atom stereocenters. The number of carbonyl (C=O) groups is 1. The van der Waals surface area contributed by atoms with Gasteiger partial charge in [0, 0.05) is 23.2 Å². The normalized spacial score (nSPS) is 20.6. The molecule has 2 aromatic rings. The summed E-state index contributed by atoms with van der Waals surface area (Å²) in [6, 6.07) is 7.52. The average molecular weight is 355 g/mol. The van der Waals surface area contributed by atoms with Crippen LogP contribution in [0.3, 0.4) is 0 Å². The topological polar surface area (TPSA) is 69.8 Å². The van der Waals surface area contributed by atoms with Crippen molar-refractivity contribution in [1.29, 1.82) is 0 Å². The molecule has 7 heteroatoms. The number of benzene rings is 1. The minimum Gasteiger partial charge on any atom is -0.348 e. The molecular formula is C16H20Cl2N4O. The van der Waals surface area contributed by atoms with Gasteiger partial charge in [-0.15, -0.1) is 12.4 Å². The van der Waals surface area contributed by atoms with Gasteiger partial charge < -0.3 is 10.6 Å². The Balaban J connectivity index is 0.00000192. The molecule has 3 N–H and O–H groups in total. The largest absolute Gasteiger partial charge is 0.348 e. The summed E-state index contributed by atoms with van der Waals surface area (Å²) < 4.78 is 0. The van der Waals surface area contributed by atoms with Crippen LogP contribution in [-0.2, 0) is 0 Å². The van der Waals surface area contributed by atoms with Gasteiger partial charge in [0.2, 0.25) is 0 Å². The molecule has 1 aromatic carbocycles. The minimum atomic E-state index is -0.107. The van der Waals surface area contributed by atoms with Crippen molar-refractivity contribution in [3.63, 3.8) is 0 Å². The van der Waals surface area contributed by atoms with E-state index in [1.54, 1.807) is 12.3 Å². The molecule has 23 heavy (non-hydrogen) atoms. The molecule has 2 heterocycles. The van der Waals surface area contributed by atoms with Crippen molar-refractivity contribution in [1.82, 2.24) is 20.8 Å². The number of nitrogens with zero attached hydrogens (tertiary/aromatic N) is 1. The molecule has 1 aromatic heterocycles. The Morgan fingerprint density at radius 2 is 2.26 bits per heavy atom. The zero-order valence-electron chi connectivity index (χ0n) is 12.8. The highest BCUT2D eigenvalue weighted by atomic mass is 35.5. The molecule has 1 aliphatic heterocycles. The monoisotopic (exact) mass is 354 g/mol. The van der Waals surface area contributed by atoms with Gasteiger partial charge in [0.15, 0.2) is 0 Å². The van der Waals surface area contributed by atoms with E-state index in [1.165, 1.54) is 0 Å². The number of hydrogen-bond donors (Lipinski definition) is 3. The Morgan fingerprint density at radius 1 is 1.43 bits per heavy atom. The summed E-state index contributed by atoms with van der Waals surface area (Å²) in [5.74, 6) is 0.357. The van der Waals surface area contributed by atoms with Crippen LogP contribution in [0.5, 0.6) is 0 Å². The Labute approximate surface area is 146 Å². The van der Waals surface area contributed by atoms with E-state index in [1.807, 2.05) is 18.2 Å². The second kappa shape index (κ2) is 7.81. The summed E-state index contributed by atoms with van der Waals surface area (Å²) in [4.78, 5) is 12.6. The van der Waals surface area contributed by atoms with E-state index in [-0.39, 0.29) is 24.4 Å². The molecular weight excluding hydrogens is 335 g/mol. The molecule has 0 spiro atoms. The number of hydrogen-bond acceptors (Lipinski definition) is 3. The molecule has 0 aliphatic carbocycles. The fourth-order valence-electron chi connectivity index (χ4n) is 2.75. The highest BCUT2D eigenvalue weighted by Crippen LogP contribution is 2.24. The van der Waals surface area contributed by atoms with Gasteiger partial charge in [-0.25, -0.2) is 0 Å². The number of H-pyrrole nitrogens is 1. The lowest BCUT2D eigenvalue weighted by molar-refractivity contribution is 0.0916. The Morgan fingerprint density at radius 3 is 3.00 bits per heavy atom. The maximum atomic E-state index is 12.6. The van der Waals surface area contributed by atoms with Gasteiger partial charge in [0.1, 0.15) is 0 Å². The van der Waals surface area contributed by atoms with Gasteiger partial charge in [0.05, 0.1) is 17.5 Å². The van der Waals surface area contributed by atoms with Crippen molar-refractivity contribution in [3.05, 3.63) is 41.0 Å². The van der Waals surface area contributed by atoms with Gasteiger partial charge >= 0.3 is 0 Å². The Hall–Kier alpha value is -1.56. The molecule has 1 aliphatic rings. The van der Waals surface area contributed by atoms with Crippen LogP contribution >= 0.6 is 24.0 Å². The van der Waals surface area contributed by atoms with E-state index in [9.17, 15) is 4.79 Å². The highest BCUT2D eigenvalue weighted by molar-refractivity contribution is 6.30. The molecule has 0 radical (unpaired) electrons. The SMILES string of the molecule is CC1CCNCC1NC(=O)c1cn[nH]c1-c1cccc(Cl)c1.Cl. The molecule has 1 amide bonds. The number of rotatable bonds is 3. The zero-order chi connectivity index (χ0) is 15.5. The summed E-state index contributed by atoms with van der Waals surface area (Å²) in [5.41, 5.74) is 2.08. The van der Waals surface area contributed by atoms with Crippen LogP contribution in [0.4, 0.5) is 0 Å². The third-order valence-electron chi connectivity index (χ3n) is 4.14. The molecule has 5 nitrogen and oxygen atoms in total. The van der Waals surface area contributed by atoms with Crippen molar-refractivity contribution >= 4 is 29.9 Å². The summed E-state index contributed by atoms with van der Waals surface area (Å²) in [6.45, 7) is 3.98. The molecule has 124 valence electrons. The van der Waals surface area contributed by atoms with Gasteiger partial charge in [-0.3, -0.25) is 9.89 Å². The maximum absolute atomic E-state index is 12.6. The number of carbonyl (C=O) groups excluding carboxylic acids is 1. The van der Waals surface area contributed by atoms with Crippen LogP contribution in [0, 0.1) is 5.92 Å². The van der Waals surface area contributed by atoms with Crippen LogP contribution < -0.4 is 10.6 Å². The van der Waals surface area contributed by atoms with E-state index in [2.05, 4.69) is 27.8 Å². The maximum Gasteiger partial charge on any atom is 0.255 e. The highest BCUT2D eigenvalue weighted by Gasteiger charge is 2.24. The standard InChI is InChI=1S/C16H19ClN4O.ClH/c1-10-5-6-18-9-14(10)20-16(22)13-8-19-21-15(13)11-3-2-4-12(17)7-11;/h2-4,7-8,10,14,18H,5-6,9H2,1H3,(H,19,21)(H,20,22);1H. The smallest absolute Gasteiger partial charge is 0.255 e. The predicted molar refractivity (Wildman–Crippen MR) is 94.2 cm³/mol. The van der Waals surface area contributed by atoms with E-state index >= 15 is 0 Å². The molecule has 0 saturated carbocycles. The third-order valence-corrected chi connectivity index (χ3v) is 4.38. The molecule has 1 fully saturated rings. The second-order valence-corrected chi connectivity index (χ2v) is 6.16. The number of aromatic amines is 1. The van der Waals surface area contributed by atoms with Crippen LogP contribution in [0.15, 0.2) is 30.5 Å². The third kappa shape index (κ3) is 4.05. The van der Waals surface area contributed by atoms with Crippen LogP contribution in [0.25, 0.3) is 11.3 Å². The van der Waals surface area contributed by atoms with Crippen LogP contribution in [-0.4, -0.2) is 35.2 Å². The van der Waals surface area contributed by atoms with Crippen molar-refractivity contribution in [2.24, 2.45) is 5.92 Å². The fraction of sp³-hybridized carbons (Fsp3) is 0.375. The first kappa shape index (κ1) is 17.8. The van der Waals surface area contributed by atoms with E-state index in [0.29, 0.717) is 22.2 Å².